The Bertz CT molecular complexity index is 1290. The standard InChI is InChI=1S/C27H30N6O5/c1-17(27(37)38-3)30-25(35)18(2)33-16-23-21(8-7-9-22(23)26(33)36)19-11-13-20(14-12-19)31-24(34)10-5-4-6-15-29-32-28/h7-9,11-14H,1-2,4-6,10,15-16H2,3H3,(H2,28,29)(H,30,35)(H,31,34). The van der Waals surface area contributed by atoms with Crippen molar-refractivity contribution < 1.29 is 23.9 Å². The zero-order chi connectivity index (χ0) is 27.7. The highest BCUT2D eigenvalue weighted by molar-refractivity contribution is 6.07. The Hall–Kier alpha value is -4.80. The lowest BCUT2D eigenvalue weighted by Crippen LogP contribution is -2.36. The van der Waals surface area contributed by atoms with Crippen LogP contribution in [0.5, 0.6) is 0 Å². The molecule has 198 valence electrons. The smallest absolute Gasteiger partial charge is 0.353 e. The molecule has 0 unspecified atom stereocenters. The van der Waals surface area contributed by atoms with E-state index in [1.54, 1.807) is 24.3 Å². The van der Waals surface area contributed by atoms with Crippen molar-refractivity contribution in [1.82, 2.24) is 10.2 Å². The molecule has 0 aromatic heterocycles. The molecule has 2 aromatic carbocycles. The molecule has 0 spiro atoms. The highest BCUT2D eigenvalue weighted by atomic mass is 16.5. The molecule has 0 fully saturated rings. The topological polar surface area (TPSA) is 156 Å². The van der Waals surface area contributed by atoms with Gasteiger partial charge in [0.1, 0.15) is 11.4 Å². The second kappa shape index (κ2) is 12.9. The van der Waals surface area contributed by atoms with Crippen LogP contribution in [-0.2, 0) is 25.7 Å². The Morgan fingerprint density at radius 3 is 2.45 bits per heavy atom. The minimum absolute atomic E-state index is 0.0771. The predicted octanol–water partition coefficient (Wildman–Crippen LogP) is 3.45. The third-order valence-corrected chi connectivity index (χ3v) is 5.98. The van der Waals surface area contributed by atoms with Crippen LogP contribution in [0.1, 0.15) is 41.6 Å². The number of nitrogens with two attached hydrogens (primary N) is 1. The van der Waals surface area contributed by atoms with Gasteiger partial charge in [-0.1, -0.05) is 49.1 Å². The van der Waals surface area contributed by atoms with Crippen LogP contribution in [0.4, 0.5) is 5.69 Å². The first-order valence-corrected chi connectivity index (χ1v) is 11.9. The number of hydrogen-bond donors (Lipinski definition) is 3. The number of carbonyl (C=O) groups excluding carboxylic acids is 4. The van der Waals surface area contributed by atoms with Crippen LogP contribution < -0.4 is 16.5 Å². The van der Waals surface area contributed by atoms with Gasteiger partial charge in [-0.15, -0.1) is 0 Å². The number of fused-ring (bicyclic) bond motifs is 1. The summed E-state index contributed by atoms with van der Waals surface area (Å²) in [5.41, 5.74) is 3.14. The van der Waals surface area contributed by atoms with Crippen molar-refractivity contribution in [3.05, 3.63) is 78.1 Å². The van der Waals surface area contributed by atoms with Gasteiger partial charge in [0.05, 0.1) is 20.2 Å². The van der Waals surface area contributed by atoms with Crippen LogP contribution in [0.25, 0.3) is 11.1 Å². The summed E-state index contributed by atoms with van der Waals surface area (Å²) in [7, 11) is 1.17. The Morgan fingerprint density at radius 2 is 1.76 bits per heavy atom. The lowest BCUT2D eigenvalue weighted by Gasteiger charge is -2.18. The fraction of sp³-hybridized carbons (Fsp3) is 0.259. The largest absolute Gasteiger partial charge is 0.464 e. The molecule has 3 rings (SSSR count). The zero-order valence-electron chi connectivity index (χ0n) is 21.2. The van der Waals surface area contributed by atoms with Crippen LogP contribution in [0.2, 0.25) is 0 Å². The number of anilines is 1. The maximum Gasteiger partial charge on any atom is 0.353 e. The summed E-state index contributed by atoms with van der Waals surface area (Å²) in [4.78, 5) is 50.6. The number of esters is 1. The van der Waals surface area contributed by atoms with Crippen molar-refractivity contribution in [1.29, 1.82) is 0 Å². The first kappa shape index (κ1) is 27.8. The maximum atomic E-state index is 13.0. The van der Waals surface area contributed by atoms with Crippen LogP contribution in [0.15, 0.2) is 77.4 Å². The van der Waals surface area contributed by atoms with E-state index in [-0.39, 0.29) is 29.8 Å². The van der Waals surface area contributed by atoms with E-state index in [0.29, 0.717) is 24.2 Å². The zero-order valence-corrected chi connectivity index (χ0v) is 21.2. The van der Waals surface area contributed by atoms with Gasteiger partial charge in [0.25, 0.3) is 11.8 Å². The number of amides is 3. The lowest BCUT2D eigenvalue weighted by molar-refractivity contribution is -0.137. The van der Waals surface area contributed by atoms with Gasteiger partial charge in [0, 0.05) is 17.7 Å². The van der Waals surface area contributed by atoms with Crippen molar-refractivity contribution in [3.8, 4) is 11.1 Å². The summed E-state index contributed by atoms with van der Waals surface area (Å²) in [5.74, 6) is 2.98. The van der Waals surface area contributed by atoms with Gasteiger partial charge >= 0.3 is 5.97 Å². The van der Waals surface area contributed by atoms with Gasteiger partial charge in [-0.05, 0) is 47.7 Å². The van der Waals surface area contributed by atoms with E-state index >= 15 is 0 Å². The quantitative estimate of drug-likeness (QED) is 0.0976. The molecule has 3 amide bonds. The normalized spacial score (nSPS) is 12.2. The van der Waals surface area contributed by atoms with Crippen LogP contribution in [0, 0.1) is 0 Å². The number of benzene rings is 2. The van der Waals surface area contributed by atoms with Gasteiger partial charge < -0.3 is 21.2 Å². The average Bonchev–Trinajstić information content (AvgIpc) is 3.26. The minimum atomic E-state index is -0.796. The average molecular weight is 519 g/mol. The molecular formula is C27H30N6O5. The number of ether oxygens (including phenoxy) is 1. The van der Waals surface area contributed by atoms with E-state index in [1.807, 2.05) is 18.2 Å². The number of nitrogens with one attached hydrogen (secondary N) is 2. The van der Waals surface area contributed by atoms with Gasteiger partial charge in [-0.25, -0.2) is 4.79 Å². The molecule has 0 aliphatic carbocycles. The van der Waals surface area contributed by atoms with Crippen molar-refractivity contribution in [2.45, 2.75) is 32.2 Å². The van der Waals surface area contributed by atoms with Crippen LogP contribution in [0.3, 0.4) is 0 Å². The first-order valence-electron chi connectivity index (χ1n) is 11.9. The van der Waals surface area contributed by atoms with Crippen molar-refractivity contribution in [2.75, 3.05) is 19.0 Å². The van der Waals surface area contributed by atoms with E-state index < -0.39 is 11.9 Å². The van der Waals surface area contributed by atoms with Crippen molar-refractivity contribution in [3.63, 3.8) is 0 Å². The number of nitrogens with zero attached hydrogens (tertiary/aromatic N) is 3. The number of hydrogen-bond acceptors (Lipinski definition) is 7. The molecule has 1 aliphatic heterocycles. The van der Waals surface area contributed by atoms with Crippen LogP contribution >= 0.6 is 0 Å². The fourth-order valence-electron chi connectivity index (χ4n) is 3.99. The van der Waals surface area contributed by atoms with E-state index in [2.05, 4.69) is 38.9 Å². The Morgan fingerprint density at radius 1 is 1.05 bits per heavy atom. The molecule has 38 heavy (non-hydrogen) atoms. The first-order chi connectivity index (χ1) is 18.3. The number of rotatable bonds is 12. The second-order valence-corrected chi connectivity index (χ2v) is 8.51. The molecule has 4 N–H and O–H groups in total. The molecule has 2 aromatic rings. The van der Waals surface area contributed by atoms with Gasteiger partial charge in [-0.3, -0.25) is 19.3 Å². The Balaban J connectivity index is 1.65. The summed E-state index contributed by atoms with van der Waals surface area (Å²) >= 11 is 0. The molecule has 1 aliphatic rings. The Kier molecular flexibility index (Phi) is 9.47. The molecule has 0 saturated carbocycles. The molecule has 1 heterocycles. The van der Waals surface area contributed by atoms with Gasteiger partial charge in [0.15, 0.2) is 0 Å². The summed E-state index contributed by atoms with van der Waals surface area (Å²) in [6.45, 7) is 7.87. The molecule has 0 radical (unpaired) electrons. The summed E-state index contributed by atoms with van der Waals surface area (Å²) < 4.78 is 4.52. The Labute approximate surface area is 220 Å². The van der Waals surface area contributed by atoms with Gasteiger partial charge in [-0.2, -0.15) is 5.11 Å². The van der Waals surface area contributed by atoms with Crippen molar-refractivity contribution in [2.24, 2.45) is 16.2 Å². The third kappa shape index (κ3) is 6.69. The summed E-state index contributed by atoms with van der Waals surface area (Å²) in [5, 5.41) is 12.1. The predicted molar refractivity (Wildman–Crippen MR) is 141 cm³/mol. The summed E-state index contributed by atoms with van der Waals surface area (Å²) in [6, 6.07) is 12.7. The van der Waals surface area contributed by atoms with Crippen LogP contribution in [-0.4, -0.2) is 42.2 Å². The lowest BCUT2D eigenvalue weighted by atomic mass is 9.97. The van der Waals surface area contributed by atoms with Gasteiger partial charge in [0.2, 0.25) is 5.91 Å². The second-order valence-electron chi connectivity index (χ2n) is 8.51. The highest BCUT2D eigenvalue weighted by Gasteiger charge is 2.33. The van der Waals surface area contributed by atoms with E-state index in [1.165, 1.54) is 12.0 Å². The maximum absolute atomic E-state index is 13.0. The molecular weight excluding hydrogens is 488 g/mol. The molecule has 0 saturated heterocycles. The summed E-state index contributed by atoms with van der Waals surface area (Å²) in [6.07, 6.45) is 2.82. The van der Waals surface area contributed by atoms with E-state index in [4.69, 9.17) is 5.84 Å². The fourth-order valence-corrected chi connectivity index (χ4v) is 3.99. The molecule has 0 bridgehead atoms. The highest BCUT2D eigenvalue weighted by Crippen LogP contribution is 2.34. The van der Waals surface area contributed by atoms with E-state index in [9.17, 15) is 19.2 Å². The number of methoxy groups -OCH3 is 1. The molecule has 0 atom stereocenters. The number of unbranched alkanes of at least 4 members (excludes halogenated alkanes) is 2. The monoisotopic (exact) mass is 518 g/mol. The molecule has 11 heteroatoms. The SMILES string of the molecule is C=C(NC(=O)C(=C)N1Cc2c(cccc2-c2ccc(NC(=O)CCCCCN=NN)cc2)C1=O)C(=O)OC. The number of carbonyl (C=O) groups is 4. The van der Waals surface area contributed by atoms with E-state index in [0.717, 1.165) is 36.0 Å². The minimum Gasteiger partial charge on any atom is -0.464 e. The molecule has 11 nitrogen and oxygen atoms in total. The van der Waals surface area contributed by atoms with Crippen molar-refractivity contribution >= 4 is 29.4 Å². The third-order valence-electron chi connectivity index (χ3n) is 5.98.